The van der Waals surface area contributed by atoms with Gasteiger partial charge in [0.1, 0.15) is 0 Å². The number of benzene rings is 2. The van der Waals surface area contributed by atoms with Crippen molar-refractivity contribution < 1.29 is 0 Å². The highest BCUT2D eigenvalue weighted by Gasteiger charge is 2.09. The standard InChI is InChI=1S/C16H16BrCl/c1-11-6-7-14(8-12(11)2)16(17)10-13-4-3-5-15(18)9-13/h3-9,16H,10H2,1-2H3. The molecule has 0 amide bonds. The number of hydrogen-bond acceptors (Lipinski definition) is 0. The summed E-state index contributed by atoms with van der Waals surface area (Å²) < 4.78 is 0. The van der Waals surface area contributed by atoms with Gasteiger partial charge in [-0.25, -0.2) is 0 Å². The van der Waals surface area contributed by atoms with Gasteiger partial charge in [-0.05, 0) is 54.7 Å². The van der Waals surface area contributed by atoms with Crippen LogP contribution in [0.3, 0.4) is 0 Å². The van der Waals surface area contributed by atoms with E-state index in [1.54, 1.807) is 0 Å². The SMILES string of the molecule is Cc1ccc(C(Br)Cc2cccc(Cl)c2)cc1C. The summed E-state index contributed by atoms with van der Waals surface area (Å²) in [5.41, 5.74) is 5.24. The third kappa shape index (κ3) is 3.37. The zero-order valence-corrected chi connectivity index (χ0v) is 12.9. The highest BCUT2D eigenvalue weighted by atomic mass is 79.9. The lowest BCUT2D eigenvalue weighted by atomic mass is 10.0. The minimum Gasteiger partial charge on any atom is -0.0843 e. The van der Waals surface area contributed by atoms with E-state index in [0.29, 0.717) is 4.83 Å². The van der Waals surface area contributed by atoms with Gasteiger partial charge in [0.25, 0.3) is 0 Å². The molecule has 0 aliphatic heterocycles. The summed E-state index contributed by atoms with van der Waals surface area (Å²) in [5.74, 6) is 0. The molecule has 0 N–H and O–H groups in total. The second kappa shape index (κ2) is 5.90. The fourth-order valence-electron chi connectivity index (χ4n) is 1.95. The Morgan fingerprint density at radius 3 is 2.50 bits per heavy atom. The van der Waals surface area contributed by atoms with Crippen LogP contribution in [0.5, 0.6) is 0 Å². The van der Waals surface area contributed by atoms with Crippen LogP contribution in [0.2, 0.25) is 5.02 Å². The van der Waals surface area contributed by atoms with Crippen LogP contribution in [0.15, 0.2) is 42.5 Å². The Kier molecular flexibility index (Phi) is 4.47. The van der Waals surface area contributed by atoms with E-state index in [1.165, 1.54) is 22.3 Å². The van der Waals surface area contributed by atoms with Crippen molar-refractivity contribution in [3.8, 4) is 0 Å². The van der Waals surface area contributed by atoms with E-state index in [2.05, 4.69) is 54.0 Å². The van der Waals surface area contributed by atoms with Gasteiger partial charge in [-0.2, -0.15) is 0 Å². The molecule has 0 aliphatic rings. The van der Waals surface area contributed by atoms with Gasteiger partial charge >= 0.3 is 0 Å². The zero-order valence-electron chi connectivity index (χ0n) is 10.6. The molecule has 2 heteroatoms. The highest BCUT2D eigenvalue weighted by Crippen LogP contribution is 2.29. The second-order valence-electron chi connectivity index (χ2n) is 4.65. The van der Waals surface area contributed by atoms with Crippen LogP contribution in [0, 0.1) is 13.8 Å². The second-order valence-corrected chi connectivity index (χ2v) is 6.19. The Balaban J connectivity index is 2.16. The summed E-state index contributed by atoms with van der Waals surface area (Å²) in [6, 6.07) is 14.7. The molecule has 0 nitrogen and oxygen atoms in total. The van der Waals surface area contributed by atoms with E-state index >= 15 is 0 Å². The lowest BCUT2D eigenvalue weighted by Gasteiger charge is -2.12. The maximum absolute atomic E-state index is 6.01. The molecule has 0 spiro atoms. The molecule has 0 fully saturated rings. The van der Waals surface area contributed by atoms with Gasteiger partial charge in [0.2, 0.25) is 0 Å². The average Bonchev–Trinajstić information content (AvgIpc) is 2.32. The molecule has 0 saturated heterocycles. The molecule has 0 aromatic heterocycles. The van der Waals surface area contributed by atoms with Gasteiger partial charge in [-0.1, -0.05) is 57.9 Å². The normalized spacial score (nSPS) is 12.4. The van der Waals surface area contributed by atoms with Crippen LogP contribution in [0.4, 0.5) is 0 Å². The summed E-state index contributed by atoms with van der Waals surface area (Å²) in [6.45, 7) is 4.29. The van der Waals surface area contributed by atoms with Crippen LogP contribution in [-0.4, -0.2) is 0 Å². The van der Waals surface area contributed by atoms with Crippen molar-refractivity contribution in [2.75, 3.05) is 0 Å². The zero-order chi connectivity index (χ0) is 13.1. The molecule has 2 aromatic carbocycles. The lowest BCUT2D eigenvalue weighted by molar-refractivity contribution is 0.945. The van der Waals surface area contributed by atoms with E-state index in [4.69, 9.17) is 11.6 Å². The molecule has 1 unspecified atom stereocenters. The number of alkyl halides is 1. The molecule has 2 rings (SSSR count). The first-order valence-electron chi connectivity index (χ1n) is 6.02. The van der Waals surface area contributed by atoms with Gasteiger partial charge in [-0.3, -0.25) is 0 Å². The molecule has 1 atom stereocenters. The third-order valence-corrected chi connectivity index (χ3v) is 4.28. The van der Waals surface area contributed by atoms with Gasteiger partial charge in [0.15, 0.2) is 0 Å². The van der Waals surface area contributed by atoms with E-state index in [1.807, 2.05) is 18.2 Å². The van der Waals surface area contributed by atoms with Crippen molar-refractivity contribution in [3.05, 3.63) is 69.7 Å². The maximum atomic E-state index is 6.01. The smallest absolute Gasteiger partial charge is 0.0435 e. The van der Waals surface area contributed by atoms with Gasteiger partial charge in [0.05, 0.1) is 0 Å². The quantitative estimate of drug-likeness (QED) is 0.642. The first-order chi connectivity index (χ1) is 8.56. The highest BCUT2D eigenvalue weighted by molar-refractivity contribution is 9.09. The van der Waals surface area contributed by atoms with Gasteiger partial charge in [0, 0.05) is 9.85 Å². The average molecular weight is 324 g/mol. The summed E-state index contributed by atoms with van der Waals surface area (Å²) in [4.78, 5) is 0.329. The van der Waals surface area contributed by atoms with Crippen LogP contribution in [-0.2, 0) is 6.42 Å². The number of rotatable bonds is 3. The molecule has 18 heavy (non-hydrogen) atoms. The largest absolute Gasteiger partial charge is 0.0843 e. The van der Waals surface area contributed by atoms with Crippen LogP contribution in [0.1, 0.15) is 27.1 Å². The van der Waals surface area contributed by atoms with Crippen molar-refractivity contribution >= 4 is 27.5 Å². The van der Waals surface area contributed by atoms with Gasteiger partial charge in [-0.15, -0.1) is 0 Å². The monoisotopic (exact) mass is 322 g/mol. The summed E-state index contributed by atoms with van der Waals surface area (Å²) >= 11 is 9.77. The lowest BCUT2D eigenvalue weighted by Crippen LogP contribution is -1.96. The number of halogens is 2. The molecule has 0 saturated carbocycles. The van der Waals surface area contributed by atoms with E-state index in [0.717, 1.165) is 11.4 Å². The van der Waals surface area contributed by atoms with E-state index < -0.39 is 0 Å². The molecule has 0 radical (unpaired) electrons. The molecule has 2 aromatic rings. The van der Waals surface area contributed by atoms with Crippen molar-refractivity contribution in [3.63, 3.8) is 0 Å². The number of hydrogen-bond donors (Lipinski definition) is 0. The third-order valence-electron chi connectivity index (χ3n) is 3.20. The Morgan fingerprint density at radius 1 is 1.06 bits per heavy atom. The van der Waals surface area contributed by atoms with Crippen molar-refractivity contribution in [1.82, 2.24) is 0 Å². The minimum absolute atomic E-state index is 0.329. The Morgan fingerprint density at radius 2 is 1.83 bits per heavy atom. The first-order valence-corrected chi connectivity index (χ1v) is 7.31. The predicted octanol–water partition coefficient (Wildman–Crippen LogP) is 5.64. The molecule has 0 aliphatic carbocycles. The van der Waals surface area contributed by atoms with Crippen molar-refractivity contribution in [2.45, 2.75) is 25.1 Å². The molecule has 0 bridgehead atoms. The molecule has 94 valence electrons. The van der Waals surface area contributed by atoms with E-state index in [9.17, 15) is 0 Å². The Bertz CT molecular complexity index is 549. The fourth-order valence-corrected chi connectivity index (χ4v) is 2.82. The molecular weight excluding hydrogens is 308 g/mol. The Hall–Kier alpha value is -0.790. The van der Waals surface area contributed by atoms with Crippen molar-refractivity contribution in [1.29, 1.82) is 0 Å². The van der Waals surface area contributed by atoms with Crippen LogP contribution in [0.25, 0.3) is 0 Å². The predicted molar refractivity (Wildman–Crippen MR) is 82.7 cm³/mol. The van der Waals surface area contributed by atoms with Crippen molar-refractivity contribution in [2.24, 2.45) is 0 Å². The Labute approximate surface area is 122 Å². The van der Waals surface area contributed by atoms with Crippen LogP contribution >= 0.6 is 27.5 Å². The molecular formula is C16H16BrCl. The molecule has 0 heterocycles. The topological polar surface area (TPSA) is 0 Å². The maximum Gasteiger partial charge on any atom is 0.0435 e. The van der Waals surface area contributed by atoms with Gasteiger partial charge < -0.3 is 0 Å². The summed E-state index contributed by atoms with van der Waals surface area (Å²) in [6.07, 6.45) is 0.947. The van der Waals surface area contributed by atoms with E-state index in [-0.39, 0.29) is 0 Å². The minimum atomic E-state index is 0.329. The first kappa shape index (κ1) is 13.6. The fraction of sp³-hybridized carbons (Fsp3) is 0.250. The number of aryl methyl sites for hydroxylation is 2. The van der Waals surface area contributed by atoms with Crippen LogP contribution < -0.4 is 0 Å². The summed E-state index contributed by atoms with van der Waals surface area (Å²) in [5, 5.41) is 0.798. The summed E-state index contributed by atoms with van der Waals surface area (Å²) in [7, 11) is 0.